The van der Waals surface area contributed by atoms with Crippen LogP contribution in [-0.2, 0) is 0 Å². The molecule has 6 heteroatoms. The first kappa shape index (κ1) is 16.8. The van der Waals surface area contributed by atoms with Crippen molar-refractivity contribution >= 4 is 23.2 Å². The van der Waals surface area contributed by atoms with Gasteiger partial charge in [-0.05, 0) is 31.7 Å². The third-order valence-electron chi connectivity index (χ3n) is 4.21. The number of piperazine rings is 1. The SMILES string of the molecule is COc1c(Cl)cc(C(CO)N2CCN(C)C(C)C2)cc1Cl. The van der Waals surface area contributed by atoms with Crippen molar-refractivity contribution < 1.29 is 9.84 Å². The maximum atomic E-state index is 9.82. The fraction of sp³-hybridized carbons (Fsp3) is 0.600. The van der Waals surface area contributed by atoms with Crippen LogP contribution in [0.4, 0.5) is 0 Å². The number of nitrogens with zero attached hydrogens (tertiary/aromatic N) is 2. The van der Waals surface area contributed by atoms with Crippen molar-refractivity contribution in [3.05, 3.63) is 27.7 Å². The third-order valence-corrected chi connectivity index (χ3v) is 4.78. The Hall–Kier alpha value is -0.520. The molecule has 1 heterocycles. The molecule has 0 saturated carbocycles. The first-order valence-corrected chi connectivity index (χ1v) is 7.81. The molecule has 0 bridgehead atoms. The highest BCUT2D eigenvalue weighted by Crippen LogP contribution is 2.37. The number of methoxy groups -OCH3 is 1. The van der Waals surface area contributed by atoms with Gasteiger partial charge in [-0.25, -0.2) is 0 Å². The molecule has 1 aliphatic rings. The van der Waals surface area contributed by atoms with Crippen LogP contribution >= 0.6 is 23.2 Å². The van der Waals surface area contributed by atoms with Crippen molar-refractivity contribution in [3.63, 3.8) is 0 Å². The molecule has 21 heavy (non-hydrogen) atoms. The molecule has 0 amide bonds. The van der Waals surface area contributed by atoms with E-state index >= 15 is 0 Å². The summed E-state index contributed by atoms with van der Waals surface area (Å²) in [5, 5.41) is 10.8. The number of hydrogen-bond acceptors (Lipinski definition) is 4. The lowest BCUT2D eigenvalue weighted by molar-refractivity contribution is 0.0464. The highest BCUT2D eigenvalue weighted by atomic mass is 35.5. The quantitative estimate of drug-likeness (QED) is 0.919. The van der Waals surface area contributed by atoms with Gasteiger partial charge in [-0.3, -0.25) is 4.90 Å². The van der Waals surface area contributed by atoms with Gasteiger partial charge in [0.2, 0.25) is 0 Å². The molecule has 1 aromatic rings. The van der Waals surface area contributed by atoms with Crippen LogP contribution in [0.25, 0.3) is 0 Å². The molecular weight excluding hydrogens is 311 g/mol. The van der Waals surface area contributed by atoms with Gasteiger partial charge < -0.3 is 14.7 Å². The van der Waals surface area contributed by atoms with E-state index in [0.717, 1.165) is 25.2 Å². The van der Waals surface area contributed by atoms with Crippen LogP contribution in [0.2, 0.25) is 10.0 Å². The van der Waals surface area contributed by atoms with Crippen molar-refractivity contribution in [2.24, 2.45) is 0 Å². The van der Waals surface area contributed by atoms with Crippen LogP contribution in [0, 0.1) is 0 Å². The largest absolute Gasteiger partial charge is 0.494 e. The molecule has 2 unspecified atom stereocenters. The molecule has 4 nitrogen and oxygen atoms in total. The summed E-state index contributed by atoms with van der Waals surface area (Å²) in [5.74, 6) is 0.477. The average molecular weight is 333 g/mol. The maximum absolute atomic E-state index is 9.82. The molecule has 1 aliphatic heterocycles. The lowest BCUT2D eigenvalue weighted by atomic mass is 10.0. The number of aliphatic hydroxyl groups excluding tert-OH is 1. The molecular formula is C15H22Cl2N2O2. The Morgan fingerprint density at radius 3 is 2.43 bits per heavy atom. The van der Waals surface area contributed by atoms with Crippen molar-refractivity contribution in [1.29, 1.82) is 0 Å². The number of hydrogen-bond donors (Lipinski definition) is 1. The van der Waals surface area contributed by atoms with Crippen molar-refractivity contribution in [2.75, 3.05) is 40.4 Å². The van der Waals surface area contributed by atoms with E-state index in [4.69, 9.17) is 27.9 Å². The van der Waals surface area contributed by atoms with Gasteiger partial charge in [-0.15, -0.1) is 0 Å². The molecule has 1 saturated heterocycles. The number of likely N-dealkylation sites (N-methyl/N-ethyl adjacent to an activating group) is 1. The smallest absolute Gasteiger partial charge is 0.156 e. The number of benzene rings is 1. The summed E-state index contributed by atoms with van der Waals surface area (Å²) in [4.78, 5) is 4.60. The Kier molecular flexibility index (Phi) is 5.74. The minimum atomic E-state index is -0.0953. The van der Waals surface area contributed by atoms with Gasteiger partial charge in [0.15, 0.2) is 5.75 Å². The molecule has 2 atom stereocenters. The van der Waals surface area contributed by atoms with Gasteiger partial charge in [-0.1, -0.05) is 23.2 Å². The van der Waals surface area contributed by atoms with E-state index in [2.05, 4.69) is 23.8 Å². The van der Waals surface area contributed by atoms with Crippen LogP contribution in [-0.4, -0.2) is 61.3 Å². The summed E-state index contributed by atoms with van der Waals surface area (Å²) in [5.41, 5.74) is 0.921. The Balaban J connectivity index is 2.25. The minimum absolute atomic E-state index is 0.0371. The Bertz CT molecular complexity index is 476. The predicted molar refractivity (Wildman–Crippen MR) is 86.5 cm³/mol. The van der Waals surface area contributed by atoms with E-state index in [-0.39, 0.29) is 12.6 Å². The maximum Gasteiger partial charge on any atom is 0.156 e. The Labute approximate surface area is 136 Å². The topological polar surface area (TPSA) is 35.9 Å². The zero-order valence-electron chi connectivity index (χ0n) is 12.6. The summed E-state index contributed by atoms with van der Waals surface area (Å²) in [7, 11) is 3.66. The lowest BCUT2D eigenvalue weighted by Crippen LogP contribution is -2.51. The van der Waals surface area contributed by atoms with Gasteiger partial charge in [0.25, 0.3) is 0 Å². The molecule has 0 aliphatic carbocycles. The number of ether oxygens (including phenoxy) is 1. The Morgan fingerprint density at radius 2 is 1.95 bits per heavy atom. The molecule has 1 aromatic carbocycles. The molecule has 1 N–H and O–H groups in total. The first-order valence-electron chi connectivity index (χ1n) is 7.06. The second kappa shape index (κ2) is 7.16. The lowest BCUT2D eigenvalue weighted by Gasteiger charge is -2.41. The van der Waals surface area contributed by atoms with E-state index < -0.39 is 0 Å². The fourth-order valence-electron chi connectivity index (χ4n) is 2.76. The molecule has 0 aromatic heterocycles. The van der Waals surface area contributed by atoms with E-state index in [9.17, 15) is 5.11 Å². The van der Waals surface area contributed by atoms with Crippen LogP contribution in [0.1, 0.15) is 18.5 Å². The van der Waals surface area contributed by atoms with E-state index in [1.165, 1.54) is 0 Å². The third kappa shape index (κ3) is 3.63. The summed E-state index contributed by atoms with van der Waals surface area (Å²) in [6, 6.07) is 4.02. The van der Waals surface area contributed by atoms with E-state index in [0.29, 0.717) is 21.8 Å². The van der Waals surface area contributed by atoms with E-state index in [1.807, 2.05) is 12.1 Å². The van der Waals surface area contributed by atoms with Gasteiger partial charge in [0.05, 0.1) is 29.8 Å². The highest BCUT2D eigenvalue weighted by Gasteiger charge is 2.28. The standard InChI is InChI=1S/C15H22Cl2N2O2/c1-10-8-19(5-4-18(10)2)14(9-20)11-6-12(16)15(21-3)13(17)7-11/h6-7,10,14,20H,4-5,8-9H2,1-3H3. The molecule has 1 fully saturated rings. The average Bonchev–Trinajstić information content (AvgIpc) is 2.43. The molecule has 118 valence electrons. The Morgan fingerprint density at radius 1 is 1.33 bits per heavy atom. The number of halogens is 2. The van der Waals surface area contributed by atoms with Crippen LogP contribution in [0.15, 0.2) is 12.1 Å². The van der Waals surface area contributed by atoms with Crippen molar-refractivity contribution in [1.82, 2.24) is 9.80 Å². The highest BCUT2D eigenvalue weighted by molar-refractivity contribution is 6.37. The number of aliphatic hydroxyl groups is 1. The minimum Gasteiger partial charge on any atom is -0.494 e. The zero-order chi connectivity index (χ0) is 15.6. The predicted octanol–water partition coefficient (Wildman–Crippen LogP) is 2.67. The molecule has 0 spiro atoms. The van der Waals surface area contributed by atoms with Crippen molar-refractivity contribution in [2.45, 2.75) is 19.0 Å². The van der Waals surface area contributed by atoms with Crippen molar-refractivity contribution in [3.8, 4) is 5.75 Å². The number of rotatable bonds is 4. The summed E-state index contributed by atoms with van der Waals surface area (Å²) in [6.07, 6.45) is 0. The summed E-state index contributed by atoms with van der Waals surface area (Å²) >= 11 is 12.4. The van der Waals surface area contributed by atoms with E-state index in [1.54, 1.807) is 7.11 Å². The van der Waals surface area contributed by atoms with Gasteiger partial charge in [0, 0.05) is 25.7 Å². The second-order valence-electron chi connectivity index (χ2n) is 5.54. The van der Waals surface area contributed by atoms with Crippen LogP contribution in [0.5, 0.6) is 5.75 Å². The summed E-state index contributed by atoms with van der Waals surface area (Å²) < 4.78 is 5.17. The van der Waals surface area contributed by atoms with Crippen LogP contribution in [0.3, 0.4) is 0 Å². The van der Waals surface area contributed by atoms with Gasteiger partial charge in [-0.2, -0.15) is 0 Å². The zero-order valence-corrected chi connectivity index (χ0v) is 14.2. The summed E-state index contributed by atoms with van der Waals surface area (Å²) in [6.45, 7) is 5.02. The van der Waals surface area contributed by atoms with Gasteiger partial charge in [0.1, 0.15) is 0 Å². The van der Waals surface area contributed by atoms with Crippen LogP contribution < -0.4 is 4.74 Å². The molecule has 0 radical (unpaired) electrons. The fourth-order valence-corrected chi connectivity index (χ4v) is 3.42. The molecule has 2 rings (SSSR count). The second-order valence-corrected chi connectivity index (χ2v) is 6.36. The first-order chi connectivity index (χ1) is 9.97. The monoisotopic (exact) mass is 332 g/mol. The van der Waals surface area contributed by atoms with Gasteiger partial charge >= 0.3 is 0 Å². The normalized spacial score (nSPS) is 22.3.